The summed E-state index contributed by atoms with van der Waals surface area (Å²) in [5.41, 5.74) is -1.03. The van der Waals surface area contributed by atoms with Gasteiger partial charge in [-0.25, -0.2) is 4.79 Å². The van der Waals surface area contributed by atoms with Gasteiger partial charge in [-0.3, -0.25) is 9.78 Å². The van der Waals surface area contributed by atoms with Gasteiger partial charge >= 0.3 is 5.97 Å². The zero-order chi connectivity index (χ0) is 14.5. The average molecular weight is 261 g/mol. The van der Waals surface area contributed by atoms with Crippen LogP contribution in [0.5, 0.6) is 0 Å². The fourth-order valence-electron chi connectivity index (χ4n) is 1.56. The second-order valence-electron chi connectivity index (χ2n) is 4.46. The molecule has 19 heavy (non-hydrogen) atoms. The highest BCUT2D eigenvalue weighted by molar-refractivity contribution is 5.97. The lowest BCUT2D eigenvalue weighted by atomic mass is 10.0. The minimum atomic E-state index is -1.38. The van der Waals surface area contributed by atoms with Crippen LogP contribution in [0.2, 0.25) is 0 Å². The van der Waals surface area contributed by atoms with Gasteiger partial charge in [0, 0.05) is 24.5 Å². The number of carbonyl (C=O) groups excluding carboxylic acids is 1. The summed E-state index contributed by atoms with van der Waals surface area (Å²) in [6.07, 6.45) is 3.00. The number of nitrogens with zero attached hydrogens (tertiary/aromatic N) is 3. The van der Waals surface area contributed by atoms with Crippen LogP contribution in [0, 0.1) is 11.3 Å². The van der Waals surface area contributed by atoms with E-state index in [1.165, 1.54) is 43.3 Å². The molecule has 6 nitrogen and oxygen atoms in total. The van der Waals surface area contributed by atoms with Crippen LogP contribution in [0.1, 0.15) is 30.6 Å². The average Bonchev–Trinajstić information content (AvgIpc) is 2.39. The van der Waals surface area contributed by atoms with E-state index in [0.29, 0.717) is 5.56 Å². The van der Waals surface area contributed by atoms with E-state index in [2.05, 4.69) is 4.98 Å². The molecule has 1 rings (SSSR count). The van der Waals surface area contributed by atoms with Gasteiger partial charge in [0.2, 0.25) is 0 Å². The van der Waals surface area contributed by atoms with Crippen LogP contribution in [0.15, 0.2) is 24.5 Å². The molecule has 0 aliphatic rings. The molecular formula is C13H15N3O3. The van der Waals surface area contributed by atoms with Crippen molar-refractivity contribution in [3.8, 4) is 6.07 Å². The Kier molecular flexibility index (Phi) is 4.59. The molecule has 1 heterocycles. The van der Waals surface area contributed by atoms with Crippen molar-refractivity contribution < 1.29 is 14.7 Å². The number of aromatic nitrogens is 1. The monoisotopic (exact) mass is 261 g/mol. The van der Waals surface area contributed by atoms with Gasteiger partial charge in [0.05, 0.1) is 12.5 Å². The lowest BCUT2D eigenvalue weighted by Crippen LogP contribution is -2.53. The quantitative estimate of drug-likeness (QED) is 0.862. The van der Waals surface area contributed by atoms with E-state index in [9.17, 15) is 14.7 Å². The van der Waals surface area contributed by atoms with Crippen LogP contribution < -0.4 is 0 Å². The molecule has 1 aromatic heterocycles. The summed E-state index contributed by atoms with van der Waals surface area (Å²) in [5.74, 6) is -1.54. The molecule has 0 spiro atoms. The number of hydrogen-bond acceptors (Lipinski definition) is 4. The van der Waals surface area contributed by atoms with Gasteiger partial charge in [0.15, 0.2) is 0 Å². The first-order valence-corrected chi connectivity index (χ1v) is 5.73. The number of carbonyl (C=O) groups is 2. The molecule has 0 aromatic carbocycles. The van der Waals surface area contributed by atoms with Crippen molar-refractivity contribution in [3.63, 3.8) is 0 Å². The summed E-state index contributed by atoms with van der Waals surface area (Å²) in [4.78, 5) is 28.6. The highest BCUT2D eigenvalue weighted by atomic mass is 16.4. The van der Waals surface area contributed by atoms with Crippen LogP contribution in [-0.2, 0) is 4.79 Å². The Bertz CT molecular complexity index is 506. The number of carboxylic acid groups (broad SMARTS) is 1. The van der Waals surface area contributed by atoms with Gasteiger partial charge in [-0.2, -0.15) is 5.26 Å². The fraction of sp³-hybridized carbons (Fsp3) is 0.385. The molecule has 0 fully saturated rings. The third kappa shape index (κ3) is 3.28. The van der Waals surface area contributed by atoms with E-state index >= 15 is 0 Å². The first-order chi connectivity index (χ1) is 8.91. The smallest absolute Gasteiger partial charge is 0.329 e. The van der Waals surface area contributed by atoms with Crippen LogP contribution in [0.3, 0.4) is 0 Å². The zero-order valence-corrected chi connectivity index (χ0v) is 10.8. The summed E-state index contributed by atoms with van der Waals surface area (Å²) >= 11 is 0. The van der Waals surface area contributed by atoms with Crippen molar-refractivity contribution in [2.24, 2.45) is 0 Å². The Hall–Kier alpha value is -2.42. The van der Waals surface area contributed by atoms with Gasteiger partial charge in [-0.05, 0) is 26.0 Å². The number of rotatable bonds is 5. The standard InChI is InChI=1S/C13H15N3O3/c1-13(2,12(18)19)16(9-3-6-14)11(17)10-4-7-15-8-5-10/h4-5,7-8H,3,9H2,1-2H3,(H,18,19). The number of aliphatic carboxylic acids is 1. The number of amides is 1. The molecule has 0 aliphatic heterocycles. The largest absolute Gasteiger partial charge is 0.480 e. The predicted molar refractivity (Wildman–Crippen MR) is 67.2 cm³/mol. The Balaban J connectivity index is 3.08. The molecule has 0 aliphatic carbocycles. The SMILES string of the molecule is CC(C)(C(=O)O)N(CCC#N)C(=O)c1ccncc1. The molecule has 6 heteroatoms. The Morgan fingerprint density at radius 3 is 2.47 bits per heavy atom. The van der Waals surface area contributed by atoms with Crippen molar-refractivity contribution in [3.05, 3.63) is 30.1 Å². The van der Waals surface area contributed by atoms with Crippen molar-refractivity contribution >= 4 is 11.9 Å². The van der Waals surface area contributed by atoms with Gasteiger partial charge in [0.25, 0.3) is 5.91 Å². The molecule has 1 amide bonds. The van der Waals surface area contributed by atoms with Crippen molar-refractivity contribution in [2.75, 3.05) is 6.54 Å². The molecule has 1 aromatic rings. The maximum absolute atomic E-state index is 12.3. The van der Waals surface area contributed by atoms with Crippen LogP contribution in [-0.4, -0.2) is 39.0 Å². The zero-order valence-electron chi connectivity index (χ0n) is 10.8. The number of nitriles is 1. The first-order valence-electron chi connectivity index (χ1n) is 5.73. The van der Waals surface area contributed by atoms with Crippen molar-refractivity contribution in [2.45, 2.75) is 25.8 Å². The summed E-state index contributed by atoms with van der Waals surface area (Å²) in [5, 5.41) is 17.8. The van der Waals surface area contributed by atoms with Crippen LogP contribution >= 0.6 is 0 Å². The molecule has 0 bridgehead atoms. The maximum Gasteiger partial charge on any atom is 0.329 e. The molecule has 100 valence electrons. The molecule has 0 saturated carbocycles. The summed E-state index contributed by atoms with van der Waals surface area (Å²) < 4.78 is 0. The van der Waals surface area contributed by atoms with Crippen LogP contribution in [0.4, 0.5) is 0 Å². The number of carboxylic acids is 1. The Morgan fingerprint density at radius 2 is 2.00 bits per heavy atom. The predicted octanol–water partition coefficient (Wildman–Crippen LogP) is 1.30. The molecule has 0 unspecified atom stereocenters. The topological polar surface area (TPSA) is 94.3 Å². The molecular weight excluding hydrogens is 246 g/mol. The Morgan fingerprint density at radius 1 is 1.42 bits per heavy atom. The maximum atomic E-state index is 12.3. The summed E-state index contributed by atoms with van der Waals surface area (Å²) in [6, 6.07) is 4.94. The molecule has 0 radical (unpaired) electrons. The van der Waals surface area contributed by atoms with E-state index in [4.69, 9.17) is 5.26 Å². The molecule has 0 atom stereocenters. The first kappa shape index (κ1) is 14.6. The van der Waals surface area contributed by atoms with E-state index in [0.717, 1.165) is 0 Å². The third-order valence-electron chi connectivity index (χ3n) is 2.82. The van der Waals surface area contributed by atoms with E-state index in [-0.39, 0.29) is 13.0 Å². The van der Waals surface area contributed by atoms with Crippen molar-refractivity contribution in [1.82, 2.24) is 9.88 Å². The summed E-state index contributed by atoms with van der Waals surface area (Å²) in [7, 11) is 0. The minimum absolute atomic E-state index is 0.0664. The van der Waals surface area contributed by atoms with Crippen LogP contribution in [0.25, 0.3) is 0 Å². The molecule has 0 saturated heterocycles. The van der Waals surface area contributed by atoms with Gasteiger partial charge in [-0.1, -0.05) is 0 Å². The fourth-order valence-corrected chi connectivity index (χ4v) is 1.56. The van der Waals surface area contributed by atoms with Gasteiger partial charge in [-0.15, -0.1) is 0 Å². The lowest BCUT2D eigenvalue weighted by Gasteiger charge is -2.34. The second kappa shape index (κ2) is 5.96. The number of hydrogen-bond donors (Lipinski definition) is 1. The van der Waals surface area contributed by atoms with E-state index in [1.807, 2.05) is 6.07 Å². The minimum Gasteiger partial charge on any atom is -0.480 e. The van der Waals surface area contributed by atoms with Crippen molar-refractivity contribution in [1.29, 1.82) is 5.26 Å². The Labute approximate surface area is 111 Å². The molecule has 1 N–H and O–H groups in total. The van der Waals surface area contributed by atoms with E-state index < -0.39 is 17.4 Å². The number of pyridine rings is 1. The second-order valence-corrected chi connectivity index (χ2v) is 4.46. The highest BCUT2D eigenvalue weighted by Gasteiger charge is 2.37. The van der Waals surface area contributed by atoms with Gasteiger partial charge in [0.1, 0.15) is 5.54 Å². The third-order valence-corrected chi connectivity index (χ3v) is 2.82. The van der Waals surface area contributed by atoms with E-state index in [1.54, 1.807) is 0 Å². The normalized spacial score (nSPS) is 10.6. The highest BCUT2D eigenvalue weighted by Crippen LogP contribution is 2.18. The summed E-state index contributed by atoms with van der Waals surface area (Å²) in [6.45, 7) is 2.94. The lowest BCUT2D eigenvalue weighted by molar-refractivity contribution is -0.147. The van der Waals surface area contributed by atoms with Gasteiger partial charge < -0.3 is 10.0 Å².